The van der Waals surface area contributed by atoms with Gasteiger partial charge in [0.1, 0.15) is 15.7 Å². The lowest BCUT2D eigenvalue weighted by Crippen LogP contribution is -2.58. The van der Waals surface area contributed by atoms with Crippen LogP contribution in [0.4, 0.5) is 10.7 Å². The lowest BCUT2D eigenvalue weighted by molar-refractivity contribution is 0.000801. The van der Waals surface area contributed by atoms with Crippen molar-refractivity contribution >= 4 is 22.0 Å². The van der Waals surface area contributed by atoms with Crippen LogP contribution in [0.2, 0.25) is 0 Å². The summed E-state index contributed by atoms with van der Waals surface area (Å²) in [5.74, 6) is 2.66. The van der Waals surface area contributed by atoms with Gasteiger partial charge in [-0.15, -0.1) is 0 Å². The minimum Gasteiger partial charge on any atom is -0.325 e. The van der Waals surface area contributed by atoms with Crippen LogP contribution in [0.25, 0.3) is 21.8 Å². The SMILES string of the molecule is c1ccc(-c2nc(-c3ccccc3)c(N(c3ccccc3)C34CC5CC(CC(C5)C3)C4)s2)cc1. The number of hydrogen-bond acceptors (Lipinski definition) is 3. The van der Waals surface area contributed by atoms with Crippen molar-refractivity contribution in [2.45, 2.75) is 44.1 Å². The van der Waals surface area contributed by atoms with E-state index in [-0.39, 0.29) is 5.54 Å². The summed E-state index contributed by atoms with van der Waals surface area (Å²) >= 11 is 1.87. The van der Waals surface area contributed by atoms with Gasteiger partial charge in [-0.05, 0) is 68.4 Å². The molecule has 4 fully saturated rings. The van der Waals surface area contributed by atoms with Crippen molar-refractivity contribution < 1.29 is 0 Å². The molecule has 0 N–H and O–H groups in total. The number of rotatable bonds is 5. The molecule has 1 heterocycles. The van der Waals surface area contributed by atoms with Crippen LogP contribution in [-0.2, 0) is 0 Å². The fourth-order valence-electron chi connectivity index (χ4n) is 7.47. The first-order valence-electron chi connectivity index (χ1n) is 12.7. The highest BCUT2D eigenvalue weighted by Gasteiger charge is 2.54. The summed E-state index contributed by atoms with van der Waals surface area (Å²) in [7, 11) is 0. The number of nitrogens with zero attached hydrogens (tertiary/aromatic N) is 2. The van der Waals surface area contributed by atoms with E-state index >= 15 is 0 Å². The van der Waals surface area contributed by atoms with E-state index in [1.807, 2.05) is 11.3 Å². The van der Waals surface area contributed by atoms with Gasteiger partial charge in [-0.3, -0.25) is 0 Å². The van der Waals surface area contributed by atoms with E-state index in [0.29, 0.717) is 0 Å². The summed E-state index contributed by atoms with van der Waals surface area (Å²) in [6, 6.07) is 32.7. The molecule has 0 saturated heterocycles. The monoisotopic (exact) mass is 462 g/mol. The molecule has 0 radical (unpaired) electrons. The molecule has 170 valence electrons. The molecular weight excluding hydrogens is 432 g/mol. The first kappa shape index (κ1) is 20.5. The quantitative estimate of drug-likeness (QED) is 0.295. The normalized spacial score (nSPS) is 27.1. The number of aromatic nitrogens is 1. The van der Waals surface area contributed by atoms with Crippen molar-refractivity contribution in [3.63, 3.8) is 0 Å². The minimum absolute atomic E-state index is 0.208. The number of hydrogen-bond donors (Lipinski definition) is 0. The van der Waals surface area contributed by atoms with E-state index in [1.165, 1.54) is 60.3 Å². The predicted molar refractivity (Wildman–Crippen MR) is 142 cm³/mol. The van der Waals surface area contributed by atoms with E-state index in [1.54, 1.807) is 0 Å². The van der Waals surface area contributed by atoms with E-state index < -0.39 is 0 Å². The molecule has 4 saturated carbocycles. The molecule has 4 bridgehead atoms. The Kier molecular flexibility index (Phi) is 4.87. The molecule has 0 amide bonds. The zero-order valence-corrected chi connectivity index (χ0v) is 20.3. The molecular formula is C31H30N2S. The van der Waals surface area contributed by atoms with Gasteiger partial charge in [0.05, 0.1) is 0 Å². The minimum atomic E-state index is 0.208. The Morgan fingerprint density at radius 2 is 1.15 bits per heavy atom. The third-order valence-corrected chi connectivity index (χ3v) is 9.46. The highest BCUT2D eigenvalue weighted by Crippen LogP contribution is 2.61. The van der Waals surface area contributed by atoms with Gasteiger partial charge in [0.2, 0.25) is 0 Å². The largest absolute Gasteiger partial charge is 0.325 e. The summed E-state index contributed by atoms with van der Waals surface area (Å²) < 4.78 is 0. The number of thiazole rings is 1. The van der Waals surface area contributed by atoms with Gasteiger partial charge in [0.25, 0.3) is 0 Å². The lowest BCUT2D eigenvalue weighted by atomic mass is 9.52. The maximum Gasteiger partial charge on any atom is 0.126 e. The van der Waals surface area contributed by atoms with Crippen LogP contribution in [0.15, 0.2) is 91.0 Å². The zero-order chi connectivity index (χ0) is 22.5. The van der Waals surface area contributed by atoms with Crippen molar-refractivity contribution in [1.29, 1.82) is 0 Å². The first-order valence-corrected chi connectivity index (χ1v) is 13.6. The van der Waals surface area contributed by atoms with Crippen molar-refractivity contribution in [2.24, 2.45) is 17.8 Å². The Labute approximate surface area is 206 Å². The number of benzene rings is 3. The van der Waals surface area contributed by atoms with Gasteiger partial charge < -0.3 is 4.90 Å². The molecule has 0 unspecified atom stereocenters. The fraction of sp³-hybridized carbons (Fsp3) is 0.323. The van der Waals surface area contributed by atoms with E-state index in [2.05, 4.69) is 95.9 Å². The van der Waals surface area contributed by atoms with Gasteiger partial charge >= 0.3 is 0 Å². The predicted octanol–water partition coefficient (Wildman–Crippen LogP) is 8.58. The Hall–Kier alpha value is -2.91. The fourth-order valence-corrected chi connectivity index (χ4v) is 8.70. The maximum absolute atomic E-state index is 5.30. The summed E-state index contributed by atoms with van der Waals surface area (Å²) in [6.45, 7) is 0. The van der Waals surface area contributed by atoms with Crippen LogP contribution in [0, 0.1) is 17.8 Å². The second-order valence-corrected chi connectivity index (χ2v) is 11.7. The third kappa shape index (κ3) is 3.41. The summed E-state index contributed by atoms with van der Waals surface area (Å²) in [6.07, 6.45) is 8.31. The van der Waals surface area contributed by atoms with Crippen molar-refractivity contribution in [3.8, 4) is 21.8 Å². The lowest BCUT2D eigenvalue weighted by Gasteiger charge is -2.60. The summed E-state index contributed by atoms with van der Waals surface area (Å²) in [5, 5.41) is 2.43. The average Bonchev–Trinajstić information content (AvgIpc) is 3.30. The van der Waals surface area contributed by atoms with E-state index in [0.717, 1.165) is 28.5 Å². The average molecular weight is 463 g/mol. The van der Waals surface area contributed by atoms with Crippen LogP contribution in [0.1, 0.15) is 38.5 Å². The Bertz CT molecular complexity index is 1240. The van der Waals surface area contributed by atoms with E-state index in [9.17, 15) is 0 Å². The zero-order valence-electron chi connectivity index (χ0n) is 19.4. The number of para-hydroxylation sites is 1. The van der Waals surface area contributed by atoms with Crippen molar-refractivity contribution in [2.75, 3.05) is 4.90 Å². The molecule has 34 heavy (non-hydrogen) atoms. The van der Waals surface area contributed by atoms with Gasteiger partial charge in [0, 0.05) is 22.4 Å². The molecule has 3 aromatic carbocycles. The molecule has 0 spiro atoms. The van der Waals surface area contributed by atoms with Crippen LogP contribution in [0.5, 0.6) is 0 Å². The molecule has 1 aromatic heterocycles. The highest BCUT2D eigenvalue weighted by molar-refractivity contribution is 7.19. The molecule has 4 aromatic rings. The second kappa shape index (κ2) is 8.09. The van der Waals surface area contributed by atoms with Crippen LogP contribution in [0.3, 0.4) is 0 Å². The van der Waals surface area contributed by atoms with Gasteiger partial charge in [-0.2, -0.15) is 0 Å². The van der Waals surface area contributed by atoms with Gasteiger partial charge in [-0.25, -0.2) is 4.98 Å². The summed E-state index contributed by atoms with van der Waals surface area (Å²) in [5.41, 5.74) is 5.07. The molecule has 3 heteroatoms. The van der Waals surface area contributed by atoms with Crippen molar-refractivity contribution in [3.05, 3.63) is 91.0 Å². The van der Waals surface area contributed by atoms with Crippen LogP contribution >= 0.6 is 11.3 Å². The van der Waals surface area contributed by atoms with Gasteiger partial charge in [-0.1, -0.05) is 90.2 Å². The maximum atomic E-state index is 5.30. The van der Waals surface area contributed by atoms with Crippen LogP contribution < -0.4 is 4.90 Å². The first-order chi connectivity index (χ1) is 16.8. The molecule has 2 nitrogen and oxygen atoms in total. The molecule has 0 atom stereocenters. The van der Waals surface area contributed by atoms with E-state index in [4.69, 9.17) is 4.98 Å². The highest BCUT2D eigenvalue weighted by atomic mass is 32.1. The molecule has 8 rings (SSSR count). The van der Waals surface area contributed by atoms with Crippen LogP contribution in [-0.4, -0.2) is 10.5 Å². The molecule has 4 aliphatic rings. The Balaban J connectivity index is 1.45. The smallest absolute Gasteiger partial charge is 0.126 e. The third-order valence-electron chi connectivity index (χ3n) is 8.37. The Morgan fingerprint density at radius 3 is 1.71 bits per heavy atom. The standard InChI is InChI=1S/C31H30N2S/c1-4-10-25(11-5-1)28-30(34-29(32-28)26-12-6-2-7-13-26)33(27-14-8-3-9-15-27)31-19-22-16-23(20-31)18-24(17-22)21-31/h1-15,22-24H,16-21H2. The summed E-state index contributed by atoms with van der Waals surface area (Å²) in [4.78, 5) is 8.06. The van der Waals surface area contributed by atoms with Gasteiger partial charge in [0.15, 0.2) is 0 Å². The topological polar surface area (TPSA) is 16.1 Å². The second-order valence-electron chi connectivity index (χ2n) is 10.7. The Morgan fingerprint density at radius 1 is 0.647 bits per heavy atom. The molecule has 4 aliphatic carbocycles. The van der Waals surface area contributed by atoms with Crippen molar-refractivity contribution in [1.82, 2.24) is 4.98 Å². The number of anilines is 2. The molecule has 0 aliphatic heterocycles.